The first kappa shape index (κ1) is 12.5. The summed E-state index contributed by atoms with van der Waals surface area (Å²) < 4.78 is 13.8. The lowest BCUT2D eigenvalue weighted by atomic mass is 10.1. The number of nitrogens with zero attached hydrogens (tertiary/aromatic N) is 2. The van der Waals surface area contributed by atoms with Crippen LogP contribution in [0.25, 0.3) is 0 Å². The van der Waals surface area contributed by atoms with E-state index in [2.05, 4.69) is 4.98 Å². The second kappa shape index (κ2) is 5.60. The highest BCUT2D eigenvalue weighted by Gasteiger charge is 2.12. The molecule has 0 unspecified atom stereocenters. The van der Waals surface area contributed by atoms with Gasteiger partial charge in [0.1, 0.15) is 5.82 Å². The molecule has 0 amide bonds. The van der Waals surface area contributed by atoms with Crippen LogP contribution in [0.3, 0.4) is 0 Å². The smallest absolute Gasteiger partial charge is 0.146 e. The van der Waals surface area contributed by atoms with E-state index in [1.165, 1.54) is 6.07 Å². The van der Waals surface area contributed by atoms with E-state index in [0.29, 0.717) is 17.8 Å². The zero-order valence-electron chi connectivity index (χ0n) is 10.2. The number of hydrogen-bond acceptors (Lipinski definition) is 3. The summed E-state index contributed by atoms with van der Waals surface area (Å²) in [6.45, 7) is 0.393. The predicted molar refractivity (Wildman–Crippen MR) is 68.7 cm³/mol. The van der Waals surface area contributed by atoms with Crippen molar-refractivity contribution in [1.82, 2.24) is 4.98 Å². The van der Waals surface area contributed by atoms with Gasteiger partial charge in [-0.25, -0.2) is 4.39 Å². The van der Waals surface area contributed by atoms with Gasteiger partial charge in [0.2, 0.25) is 0 Å². The molecule has 0 aliphatic rings. The zero-order chi connectivity index (χ0) is 13.0. The first-order chi connectivity index (χ1) is 8.72. The Morgan fingerprint density at radius 3 is 2.61 bits per heavy atom. The van der Waals surface area contributed by atoms with Crippen LogP contribution in [0.1, 0.15) is 11.1 Å². The summed E-state index contributed by atoms with van der Waals surface area (Å²) in [5.41, 5.74) is 2.07. The highest BCUT2D eigenvalue weighted by molar-refractivity contribution is 5.54. The van der Waals surface area contributed by atoms with Crippen LogP contribution >= 0.6 is 0 Å². The topological polar surface area (TPSA) is 36.4 Å². The van der Waals surface area contributed by atoms with Crippen LogP contribution < -0.4 is 4.90 Å². The minimum absolute atomic E-state index is 0.173. The van der Waals surface area contributed by atoms with E-state index < -0.39 is 0 Å². The van der Waals surface area contributed by atoms with E-state index in [1.807, 2.05) is 12.1 Å². The molecule has 0 spiro atoms. The third-order valence-corrected chi connectivity index (χ3v) is 2.79. The van der Waals surface area contributed by atoms with Crippen molar-refractivity contribution in [1.29, 1.82) is 0 Å². The molecule has 0 saturated carbocycles. The van der Waals surface area contributed by atoms with Crippen molar-refractivity contribution in [3.8, 4) is 0 Å². The van der Waals surface area contributed by atoms with Gasteiger partial charge in [-0.3, -0.25) is 4.98 Å². The largest absolute Gasteiger partial charge is 0.392 e. The lowest BCUT2D eigenvalue weighted by Crippen LogP contribution is -2.19. The minimum atomic E-state index is -0.321. The van der Waals surface area contributed by atoms with Crippen LogP contribution in [-0.4, -0.2) is 17.1 Å². The molecular weight excluding hydrogens is 231 g/mol. The van der Waals surface area contributed by atoms with Crippen molar-refractivity contribution in [3.63, 3.8) is 0 Å². The quantitative estimate of drug-likeness (QED) is 0.899. The SMILES string of the molecule is CN(Cc1ccncc1)c1c(F)cccc1CO. The van der Waals surface area contributed by atoms with E-state index in [4.69, 9.17) is 0 Å². The highest BCUT2D eigenvalue weighted by atomic mass is 19.1. The second-order valence-corrected chi connectivity index (χ2v) is 4.12. The molecule has 0 saturated heterocycles. The lowest BCUT2D eigenvalue weighted by molar-refractivity contribution is 0.281. The standard InChI is InChI=1S/C14H15FN2O/c1-17(9-11-5-7-16-8-6-11)14-12(10-18)3-2-4-13(14)15/h2-8,18H,9-10H2,1H3. The van der Waals surface area contributed by atoms with Gasteiger partial charge in [-0.2, -0.15) is 0 Å². The van der Waals surface area contributed by atoms with Crippen LogP contribution in [0, 0.1) is 5.82 Å². The van der Waals surface area contributed by atoms with Crippen LogP contribution in [0.2, 0.25) is 0 Å². The molecule has 1 aromatic carbocycles. The summed E-state index contributed by atoms with van der Waals surface area (Å²) >= 11 is 0. The number of hydrogen-bond donors (Lipinski definition) is 1. The number of halogens is 1. The molecule has 4 heteroatoms. The van der Waals surface area contributed by atoms with Gasteiger partial charge in [-0.15, -0.1) is 0 Å². The number of aliphatic hydroxyl groups is 1. The van der Waals surface area contributed by atoms with E-state index in [0.717, 1.165) is 5.56 Å². The molecule has 18 heavy (non-hydrogen) atoms. The number of pyridine rings is 1. The molecule has 0 fully saturated rings. The Morgan fingerprint density at radius 1 is 1.22 bits per heavy atom. The molecule has 1 heterocycles. The minimum Gasteiger partial charge on any atom is -0.392 e. The zero-order valence-corrected chi connectivity index (χ0v) is 10.2. The molecule has 0 radical (unpaired) electrons. The summed E-state index contributed by atoms with van der Waals surface area (Å²) in [5.74, 6) is -0.321. The fourth-order valence-corrected chi connectivity index (χ4v) is 1.96. The summed E-state index contributed by atoms with van der Waals surface area (Å²) in [7, 11) is 1.80. The normalized spacial score (nSPS) is 10.4. The van der Waals surface area contributed by atoms with Gasteiger partial charge >= 0.3 is 0 Å². The maximum atomic E-state index is 13.8. The molecule has 0 aliphatic heterocycles. The molecule has 1 N–H and O–H groups in total. The Balaban J connectivity index is 2.26. The summed E-state index contributed by atoms with van der Waals surface area (Å²) in [4.78, 5) is 5.73. The number of aliphatic hydroxyl groups excluding tert-OH is 1. The van der Waals surface area contributed by atoms with Crippen molar-refractivity contribution < 1.29 is 9.50 Å². The van der Waals surface area contributed by atoms with Crippen molar-refractivity contribution in [3.05, 3.63) is 59.7 Å². The van der Waals surface area contributed by atoms with Crippen LogP contribution in [0.5, 0.6) is 0 Å². The number of benzene rings is 1. The van der Waals surface area contributed by atoms with Gasteiger partial charge in [0, 0.05) is 31.5 Å². The third-order valence-electron chi connectivity index (χ3n) is 2.79. The molecular formula is C14H15FN2O. The summed E-state index contributed by atoms with van der Waals surface area (Å²) in [6.07, 6.45) is 3.41. The predicted octanol–water partition coefficient (Wildman–Crippen LogP) is 2.35. The average Bonchev–Trinajstić information content (AvgIpc) is 2.39. The Hall–Kier alpha value is -1.94. The lowest BCUT2D eigenvalue weighted by Gasteiger charge is -2.22. The van der Waals surface area contributed by atoms with Gasteiger partial charge in [0.25, 0.3) is 0 Å². The van der Waals surface area contributed by atoms with Gasteiger partial charge in [-0.05, 0) is 23.8 Å². The average molecular weight is 246 g/mol. The first-order valence-electron chi connectivity index (χ1n) is 5.70. The Morgan fingerprint density at radius 2 is 1.94 bits per heavy atom. The van der Waals surface area contributed by atoms with Gasteiger partial charge in [-0.1, -0.05) is 12.1 Å². The third kappa shape index (κ3) is 2.65. The molecule has 0 atom stereocenters. The molecule has 94 valence electrons. The van der Waals surface area contributed by atoms with E-state index in [9.17, 15) is 9.50 Å². The van der Waals surface area contributed by atoms with E-state index in [-0.39, 0.29) is 12.4 Å². The molecule has 0 bridgehead atoms. The van der Waals surface area contributed by atoms with Crippen molar-refractivity contribution >= 4 is 5.69 Å². The van der Waals surface area contributed by atoms with Gasteiger partial charge < -0.3 is 10.0 Å². The number of rotatable bonds is 4. The maximum Gasteiger partial charge on any atom is 0.146 e. The van der Waals surface area contributed by atoms with Gasteiger partial charge in [0.15, 0.2) is 0 Å². The van der Waals surface area contributed by atoms with E-state index >= 15 is 0 Å². The number of anilines is 1. The van der Waals surface area contributed by atoms with Crippen molar-refractivity contribution in [2.75, 3.05) is 11.9 Å². The Labute approximate surface area is 106 Å². The van der Waals surface area contributed by atoms with Gasteiger partial charge in [0.05, 0.1) is 12.3 Å². The fraction of sp³-hybridized carbons (Fsp3) is 0.214. The number of para-hydroxylation sites is 1. The molecule has 0 aliphatic carbocycles. The highest BCUT2D eigenvalue weighted by Crippen LogP contribution is 2.24. The molecule has 3 nitrogen and oxygen atoms in total. The Kier molecular flexibility index (Phi) is 3.89. The van der Waals surface area contributed by atoms with Crippen molar-refractivity contribution in [2.45, 2.75) is 13.2 Å². The fourth-order valence-electron chi connectivity index (χ4n) is 1.96. The molecule has 2 aromatic rings. The number of aromatic nitrogens is 1. The van der Waals surface area contributed by atoms with Crippen LogP contribution in [-0.2, 0) is 13.2 Å². The summed E-state index contributed by atoms with van der Waals surface area (Å²) in [6, 6.07) is 8.50. The molecule has 1 aromatic heterocycles. The first-order valence-corrected chi connectivity index (χ1v) is 5.70. The Bertz CT molecular complexity index is 516. The molecule has 2 rings (SSSR count). The van der Waals surface area contributed by atoms with Crippen molar-refractivity contribution in [2.24, 2.45) is 0 Å². The summed E-state index contributed by atoms with van der Waals surface area (Å²) in [5, 5.41) is 9.25. The van der Waals surface area contributed by atoms with Crippen LogP contribution in [0.15, 0.2) is 42.7 Å². The monoisotopic (exact) mass is 246 g/mol. The van der Waals surface area contributed by atoms with E-state index in [1.54, 1.807) is 36.5 Å². The second-order valence-electron chi connectivity index (χ2n) is 4.12. The van der Waals surface area contributed by atoms with Crippen LogP contribution in [0.4, 0.5) is 10.1 Å². The maximum absolute atomic E-state index is 13.8.